The summed E-state index contributed by atoms with van der Waals surface area (Å²) in [7, 11) is 0. The van der Waals surface area contributed by atoms with Gasteiger partial charge in [-0.2, -0.15) is 0 Å². The van der Waals surface area contributed by atoms with E-state index in [1.165, 1.54) is 70.3 Å². The molecule has 0 rings (SSSR count). The van der Waals surface area contributed by atoms with Crippen LogP contribution in [0.15, 0.2) is 68.9 Å². The largest absolute Gasteiger partial charge is 0.0882 e. The lowest BCUT2D eigenvalue weighted by molar-refractivity contribution is 0.338. The van der Waals surface area contributed by atoms with Crippen LogP contribution in [-0.2, 0) is 0 Å². The molecule has 0 aromatic heterocycles. The lowest BCUT2D eigenvalue weighted by Crippen LogP contribution is -2.07. The van der Waals surface area contributed by atoms with Crippen molar-refractivity contribution in [2.45, 2.75) is 343 Å². The summed E-state index contributed by atoms with van der Waals surface area (Å²) in [6.07, 6.45) is 15.8. The Morgan fingerprint density at radius 2 is 0.577 bits per heavy atom. The number of allylic oxidation sites excluding steroid dienone is 12. The summed E-state index contributed by atoms with van der Waals surface area (Å²) in [5.74, 6) is 0. The highest BCUT2D eigenvalue weighted by Crippen LogP contribution is 2.28. The van der Waals surface area contributed by atoms with E-state index in [-0.39, 0.29) is 0 Å². The van der Waals surface area contributed by atoms with E-state index in [1.54, 1.807) is 13.8 Å². The molecular weight excluding hydrogens is 853 g/mol. The van der Waals surface area contributed by atoms with Gasteiger partial charge in [0.2, 0.25) is 0 Å². The Balaban J connectivity index is -0.0000000919. The standard InChI is InChI=1S/2C9H18.4C8H16.3C7H16/c2*1-7(2)8(3)9(4,5)6;2*1-7(2)6-8(3,4)5;2*1-6-7(2)8(3,4)5;2*1-5-6-7(2,3)4;1-5-7(3,4)6-2/h2*1-6H3;4*6H,1-5H3;3*5-6H2,1-4H3/b;;;;2*7-6-;;;/i;;;;;;2D3;;. The molecule has 0 aliphatic carbocycles. The smallest absolute Gasteiger partial charge is 0.0236 e. The van der Waals surface area contributed by atoms with Crippen molar-refractivity contribution >= 4 is 0 Å². The zero-order valence-corrected chi connectivity index (χ0v) is 58.6. The molecule has 0 bridgehead atoms. The van der Waals surface area contributed by atoms with Crippen LogP contribution in [0.3, 0.4) is 0 Å². The van der Waals surface area contributed by atoms with Crippen LogP contribution < -0.4 is 0 Å². The summed E-state index contributed by atoms with van der Waals surface area (Å²) >= 11 is 0. The first-order valence-electron chi connectivity index (χ1n) is 29.9. The van der Waals surface area contributed by atoms with Crippen molar-refractivity contribution in [2.75, 3.05) is 0 Å². The third kappa shape index (κ3) is 88.5. The molecule has 0 aromatic carbocycles. The normalized spacial score (nSPS) is 13.0. The van der Waals surface area contributed by atoms with Gasteiger partial charge >= 0.3 is 0 Å². The molecule has 0 unspecified atom stereocenters. The molecule has 71 heavy (non-hydrogen) atoms. The predicted molar refractivity (Wildman–Crippen MR) is 346 cm³/mol. The molecule has 0 fully saturated rings. The van der Waals surface area contributed by atoms with Gasteiger partial charge < -0.3 is 0 Å². The molecule has 0 heterocycles. The molecule has 0 radical (unpaired) electrons. The van der Waals surface area contributed by atoms with Gasteiger partial charge in [-0.3, -0.25) is 0 Å². The van der Waals surface area contributed by atoms with Gasteiger partial charge in [0.1, 0.15) is 0 Å². The Kier molecular flexibility index (Phi) is 47.4. The van der Waals surface area contributed by atoms with E-state index >= 15 is 0 Å². The minimum atomic E-state index is -1.80. The third-order valence-corrected chi connectivity index (χ3v) is 12.2. The molecule has 0 saturated heterocycles. The van der Waals surface area contributed by atoms with Gasteiger partial charge in [0.15, 0.2) is 0 Å². The van der Waals surface area contributed by atoms with Crippen molar-refractivity contribution in [3.8, 4) is 0 Å². The van der Waals surface area contributed by atoms with Crippen molar-refractivity contribution in [3.05, 3.63) is 68.9 Å². The predicted octanol–water partition coefficient (Wildman–Crippen LogP) is 27.3. The molecule has 0 nitrogen and oxygen atoms in total. The van der Waals surface area contributed by atoms with Crippen LogP contribution in [0.5, 0.6) is 0 Å². The quantitative estimate of drug-likeness (QED) is 0.246. The minimum Gasteiger partial charge on any atom is -0.0882 e. The van der Waals surface area contributed by atoms with Gasteiger partial charge in [-0.05, 0) is 159 Å². The van der Waals surface area contributed by atoms with Crippen LogP contribution in [0.2, 0.25) is 0 Å². The molecule has 0 heteroatoms. The Morgan fingerprint density at radius 1 is 0.352 bits per heavy atom. The first-order chi connectivity index (χ1) is 32.0. The van der Waals surface area contributed by atoms with E-state index in [9.17, 15) is 0 Å². The van der Waals surface area contributed by atoms with Gasteiger partial charge in [0.05, 0.1) is 0 Å². The highest BCUT2D eigenvalue weighted by Gasteiger charge is 2.15. The minimum absolute atomic E-state index is 0.360. The summed E-state index contributed by atoms with van der Waals surface area (Å²) in [6, 6.07) is 0. The van der Waals surface area contributed by atoms with Crippen LogP contribution in [0.25, 0.3) is 0 Å². The molecule has 0 aliphatic rings. The van der Waals surface area contributed by atoms with Crippen molar-refractivity contribution in [3.63, 3.8) is 0 Å². The first kappa shape index (κ1) is 80.8. The molecule has 0 N–H and O–H groups in total. The molecule has 0 atom stereocenters. The Morgan fingerprint density at radius 3 is 0.592 bits per heavy atom. The van der Waals surface area contributed by atoms with E-state index in [0.717, 1.165) is 12.8 Å². The zero-order chi connectivity index (χ0) is 62.7. The van der Waals surface area contributed by atoms with E-state index in [4.69, 9.17) is 4.11 Å². The summed E-state index contributed by atoms with van der Waals surface area (Å²) in [4.78, 5) is 0. The average Bonchev–Trinajstić information content (AvgIpc) is 3.14. The fourth-order valence-corrected chi connectivity index (χ4v) is 5.72. The van der Waals surface area contributed by atoms with E-state index in [0.29, 0.717) is 43.3 Å². The van der Waals surface area contributed by atoms with Crippen molar-refractivity contribution < 1.29 is 4.11 Å². The topological polar surface area (TPSA) is 0 Å². The van der Waals surface area contributed by atoms with Crippen molar-refractivity contribution in [1.29, 1.82) is 0 Å². The first-order valence-corrected chi connectivity index (χ1v) is 28.4. The van der Waals surface area contributed by atoms with E-state index in [1.807, 2.05) is 6.92 Å². The van der Waals surface area contributed by atoms with Gasteiger partial charge in [-0.25, -0.2) is 0 Å². The average molecular weight is 1000 g/mol. The lowest BCUT2D eigenvalue weighted by atomic mass is 9.85. The summed E-state index contributed by atoms with van der Waals surface area (Å²) in [6.45, 7) is 92.1. The SMILES string of the molecule is C/C=C(/C)C(C)(C)C.C/C=C(/C)C(C)(C)C.CC(C)=C(C)C(C)(C)C.CC(C)=C(C)C(C)(C)C.CC(C)=CC(C)(C)C.CC(C)=CC(C)(C)C.CCC(C)(C)CC.CCCC(C)(C)C.[2H]C([2H])([2H])C(C)(C)CCC. The highest BCUT2D eigenvalue weighted by molar-refractivity contribution is 5.14. The number of hydrogen-bond acceptors (Lipinski definition) is 0. The van der Waals surface area contributed by atoms with E-state index in [2.05, 4.69) is 301 Å². The second kappa shape index (κ2) is 41.7. The fraction of sp³-hybridized carbons (Fsp3) is 0.831. The molecule has 0 spiro atoms. The van der Waals surface area contributed by atoms with Gasteiger partial charge in [-0.1, -0.05) is 302 Å². The lowest BCUT2D eigenvalue weighted by Gasteiger charge is -2.21. The Hall–Kier alpha value is -1.56. The molecule has 0 amide bonds. The molecule has 0 aromatic rings. The summed E-state index contributed by atoms with van der Waals surface area (Å²) < 4.78 is 21.5. The maximum absolute atomic E-state index is 7.17. The van der Waals surface area contributed by atoms with Gasteiger partial charge in [0, 0.05) is 4.11 Å². The van der Waals surface area contributed by atoms with Crippen LogP contribution in [0, 0.1) is 48.7 Å². The van der Waals surface area contributed by atoms with E-state index < -0.39 is 12.3 Å². The maximum atomic E-state index is 7.17. The Labute approximate surface area is 462 Å². The second-order valence-electron chi connectivity index (χ2n) is 30.2. The Bertz CT molecular complexity index is 1440. The van der Waals surface area contributed by atoms with Crippen LogP contribution in [0.1, 0.15) is 347 Å². The van der Waals surface area contributed by atoms with Gasteiger partial charge in [0.25, 0.3) is 0 Å². The highest BCUT2D eigenvalue weighted by atomic mass is 14.2. The van der Waals surface area contributed by atoms with Crippen LogP contribution in [0.4, 0.5) is 0 Å². The van der Waals surface area contributed by atoms with Crippen molar-refractivity contribution in [1.82, 2.24) is 0 Å². The number of rotatable bonds is 4. The molecule has 0 saturated carbocycles. The van der Waals surface area contributed by atoms with Crippen LogP contribution in [-0.4, -0.2) is 0 Å². The molecule has 0 aliphatic heterocycles. The van der Waals surface area contributed by atoms with Gasteiger partial charge in [-0.15, -0.1) is 0 Å². The fourth-order valence-electron chi connectivity index (χ4n) is 5.72. The second-order valence-corrected chi connectivity index (χ2v) is 30.2. The molecule has 432 valence electrons. The third-order valence-electron chi connectivity index (χ3n) is 12.2. The molecular formula is C71H148. The summed E-state index contributed by atoms with van der Waals surface area (Å²) in [5.41, 5.74) is 14.4. The van der Waals surface area contributed by atoms with Crippen molar-refractivity contribution in [2.24, 2.45) is 48.7 Å². The summed E-state index contributed by atoms with van der Waals surface area (Å²) in [5, 5.41) is 0. The number of hydrogen-bond donors (Lipinski definition) is 0. The monoisotopic (exact) mass is 1000 g/mol. The zero-order valence-electron chi connectivity index (χ0n) is 61.6. The van der Waals surface area contributed by atoms with Crippen LogP contribution >= 0.6 is 0 Å². The maximum Gasteiger partial charge on any atom is 0.0236 e.